The van der Waals surface area contributed by atoms with Gasteiger partial charge in [-0.25, -0.2) is 9.97 Å². The zero-order valence-corrected chi connectivity index (χ0v) is 9.51. The van der Waals surface area contributed by atoms with Gasteiger partial charge in [0.05, 0.1) is 24.3 Å². The summed E-state index contributed by atoms with van der Waals surface area (Å²) in [6.45, 7) is 6.29. The van der Waals surface area contributed by atoms with E-state index in [0.29, 0.717) is 24.7 Å². The molecule has 0 saturated carbocycles. The highest BCUT2D eigenvalue weighted by atomic mass is 16.5. The van der Waals surface area contributed by atoms with Crippen LogP contribution in [0.15, 0.2) is 12.4 Å². The summed E-state index contributed by atoms with van der Waals surface area (Å²) in [5.41, 5.74) is 0.385. The maximum atomic E-state index is 10.5. The lowest BCUT2D eigenvalue weighted by Gasteiger charge is -2.42. The van der Waals surface area contributed by atoms with Gasteiger partial charge in [0.15, 0.2) is 6.29 Å². The van der Waals surface area contributed by atoms with Crippen molar-refractivity contribution in [3.05, 3.63) is 18.0 Å². The van der Waals surface area contributed by atoms with E-state index in [2.05, 4.69) is 28.7 Å². The van der Waals surface area contributed by atoms with Crippen LogP contribution in [0.25, 0.3) is 0 Å². The molecule has 2 rings (SSSR count). The number of rotatable bonds is 2. The number of carbonyl (C=O) groups is 1. The predicted molar refractivity (Wildman–Crippen MR) is 59.7 cm³/mol. The first-order chi connectivity index (χ1) is 7.63. The van der Waals surface area contributed by atoms with Crippen LogP contribution < -0.4 is 4.90 Å². The van der Waals surface area contributed by atoms with Gasteiger partial charge in [-0.3, -0.25) is 4.79 Å². The molecular weight excluding hydrogens is 206 g/mol. The molecule has 0 spiro atoms. The molecule has 0 N–H and O–H groups in total. The van der Waals surface area contributed by atoms with Crippen LogP contribution in [0.5, 0.6) is 0 Å². The number of carbonyl (C=O) groups excluding carboxylic acids is 1. The summed E-state index contributed by atoms with van der Waals surface area (Å²) in [7, 11) is 0. The Labute approximate surface area is 94.5 Å². The quantitative estimate of drug-likeness (QED) is 0.695. The van der Waals surface area contributed by atoms with E-state index >= 15 is 0 Å². The van der Waals surface area contributed by atoms with Gasteiger partial charge in [0, 0.05) is 18.9 Å². The fraction of sp³-hybridized carbons (Fsp3) is 0.545. The minimum Gasteiger partial charge on any atom is -0.377 e. The third kappa shape index (κ3) is 2.04. The van der Waals surface area contributed by atoms with Crippen molar-refractivity contribution >= 4 is 12.2 Å². The number of ether oxygens (including phenoxy) is 1. The fourth-order valence-corrected chi connectivity index (χ4v) is 1.76. The number of morpholine rings is 1. The SMILES string of the molecule is CC1(C)COCCN1c1ncc(C=O)cn1. The molecule has 86 valence electrons. The topological polar surface area (TPSA) is 55.3 Å². The summed E-state index contributed by atoms with van der Waals surface area (Å²) in [6.07, 6.45) is 3.83. The third-order valence-corrected chi connectivity index (χ3v) is 2.68. The van der Waals surface area contributed by atoms with Crippen molar-refractivity contribution in [2.45, 2.75) is 19.4 Å². The van der Waals surface area contributed by atoms with Crippen molar-refractivity contribution in [2.75, 3.05) is 24.7 Å². The first kappa shape index (κ1) is 11.0. The highest BCUT2D eigenvalue weighted by molar-refractivity contribution is 5.73. The van der Waals surface area contributed by atoms with Crippen LogP contribution in [0, 0.1) is 0 Å². The molecule has 1 aromatic heterocycles. The number of hydrogen-bond donors (Lipinski definition) is 0. The normalized spacial score (nSPS) is 19.5. The number of aromatic nitrogens is 2. The Kier molecular flexibility index (Phi) is 2.87. The Bertz CT molecular complexity index is 375. The second-order valence-electron chi connectivity index (χ2n) is 4.45. The van der Waals surface area contributed by atoms with Gasteiger partial charge < -0.3 is 9.64 Å². The number of hydrogen-bond acceptors (Lipinski definition) is 5. The lowest BCUT2D eigenvalue weighted by atomic mass is 10.0. The van der Waals surface area contributed by atoms with Crippen LogP contribution in [0.4, 0.5) is 5.95 Å². The first-order valence-electron chi connectivity index (χ1n) is 5.26. The van der Waals surface area contributed by atoms with E-state index in [9.17, 15) is 4.79 Å². The third-order valence-electron chi connectivity index (χ3n) is 2.68. The molecule has 1 fully saturated rings. The van der Waals surface area contributed by atoms with Gasteiger partial charge in [0.1, 0.15) is 0 Å². The van der Waals surface area contributed by atoms with Gasteiger partial charge in [0.25, 0.3) is 0 Å². The van der Waals surface area contributed by atoms with Crippen LogP contribution >= 0.6 is 0 Å². The van der Waals surface area contributed by atoms with Gasteiger partial charge in [-0.15, -0.1) is 0 Å². The molecular formula is C11H15N3O2. The minimum absolute atomic E-state index is 0.110. The molecule has 1 aliphatic heterocycles. The number of nitrogens with zero attached hydrogens (tertiary/aromatic N) is 3. The standard InChI is InChI=1S/C11H15N3O2/c1-11(2)8-16-4-3-14(11)10-12-5-9(7-15)6-13-10/h5-7H,3-4,8H2,1-2H3. The summed E-state index contributed by atoms with van der Waals surface area (Å²) in [5.74, 6) is 0.652. The zero-order valence-electron chi connectivity index (χ0n) is 9.51. The molecule has 1 aliphatic rings. The number of anilines is 1. The highest BCUT2D eigenvalue weighted by Gasteiger charge is 2.32. The lowest BCUT2D eigenvalue weighted by Crippen LogP contribution is -2.53. The van der Waals surface area contributed by atoms with Crippen LogP contribution in [0.2, 0.25) is 0 Å². The molecule has 1 aromatic rings. The molecule has 0 unspecified atom stereocenters. The molecule has 0 amide bonds. The molecule has 0 atom stereocenters. The average Bonchev–Trinajstić information content (AvgIpc) is 2.29. The van der Waals surface area contributed by atoms with Crippen molar-refractivity contribution in [3.8, 4) is 0 Å². The van der Waals surface area contributed by atoms with E-state index in [4.69, 9.17) is 4.74 Å². The largest absolute Gasteiger partial charge is 0.377 e. The van der Waals surface area contributed by atoms with E-state index < -0.39 is 0 Å². The Morgan fingerprint density at radius 2 is 2.12 bits per heavy atom. The molecule has 5 nitrogen and oxygen atoms in total. The Morgan fingerprint density at radius 1 is 1.44 bits per heavy atom. The monoisotopic (exact) mass is 221 g/mol. The molecule has 16 heavy (non-hydrogen) atoms. The summed E-state index contributed by atoms with van der Waals surface area (Å²) in [6, 6.07) is 0. The molecule has 5 heteroatoms. The van der Waals surface area contributed by atoms with Crippen LogP contribution in [-0.4, -0.2) is 41.6 Å². The molecule has 1 saturated heterocycles. The van der Waals surface area contributed by atoms with Gasteiger partial charge in [-0.2, -0.15) is 0 Å². The zero-order chi connectivity index (χ0) is 11.6. The number of aldehydes is 1. The average molecular weight is 221 g/mol. The Balaban J connectivity index is 2.24. The minimum atomic E-state index is -0.110. The van der Waals surface area contributed by atoms with Crippen molar-refractivity contribution in [2.24, 2.45) is 0 Å². The van der Waals surface area contributed by atoms with E-state index in [1.165, 1.54) is 0 Å². The Hall–Kier alpha value is -1.49. The lowest BCUT2D eigenvalue weighted by molar-refractivity contribution is 0.0634. The molecule has 0 radical (unpaired) electrons. The second kappa shape index (κ2) is 4.17. The summed E-state index contributed by atoms with van der Waals surface area (Å²) in [5, 5.41) is 0. The van der Waals surface area contributed by atoms with E-state index in [1.54, 1.807) is 12.4 Å². The van der Waals surface area contributed by atoms with E-state index in [0.717, 1.165) is 12.8 Å². The van der Waals surface area contributed by atoms with Crippen molar-refractivity contribution in [1.29, 1.82) is 0 Å². The van der Waals surface area contributed by atoms with Crippen LogP contribution in [0.1, 0.15) is 24.2 Å². The maximum absolute atomic E-state index is 10.5. The second-order valence-corrected chi connectivity index (χ2v) is 4.45. The Morgan fingerprint density at radius 3 is 2.69 bits per heavy atom. The maximum Gasteiger partial charge on any atom is 0.225 e. The summed E-state index contributed by atoms with van der Waals surface area (Å²) >= 11 is 0. The van der Waals surface area contributed by atoms with E-state index in [-0.39, 0.29) is 5.54 Å². The molecule has 0 aromatic carbocycles. The van der Waals surface area contributed by atoms with Gasteiger partial charge in [0.2, 0.25) is 5.95 Å². The predicted octanol–water partition coefficient (Wildman–Crippen LogP) is 0.904. The first-order valence-corrected chi connectivity index (χ1v) is 5.26. The summed E-state index contributed by atoms with van der Waals surface area (Å²) in [4.78, 5) is 21.0. The van der Waals surface area contributed by atoms with Crippen molar-refractivity contribution in [1.82, 2.24) is 9.97 Å². The molecule has 0 bridgehead atoms. The molecule has 0 aliphatic carbocycles. The van der Waals surface area contributed by atoms with Crippen LogP contribution in [0.3, 0.4) is 0 Å². The van der Waals surface area contributed by atoms with Gasteiger partial charge >= 0.3 is 0 Å². The highest BCUT2D eigenvalue weighted by Crippen LogP contribution is 2.23. The fourth-order valence-electron chi connectivity index (χ4n) is 1.76. The summed E-state index contributed by atoms with van der Waals surface area (Å²) < 4.78 is 5.43. The van der Waals surface area contributed by atoms with Crippen LogP contribution in [-0.2, 0) is 4.74 Å². The van der Waals surface area contributed by atoms with Gasteiger partial charge in [-0.1, -0.05) is 0 Å². The van der Waals surface area contributed by atoms with Crippen molar-refractivity contribution < 1.29 is 9.53 Å². The molecule has 2 heterocycles. The van der Waals surface area contributed by atoms with Crippen molar-refractivity contribution in [3.63, 3.8) is 0 Å². The smallest absolute Gasteiger partial charge is 0.225 e. The van der Waals surface area contributed by atoms with Gasteiger partial charge in [-0.05, 0) is 13.8 Å². The van der Waals surface area contributed by atoms with E-state index in [1.807, 2.05) is 0 Å².